The van der Waals surface area contributed by atoms with Gasteiger partial charge in [-0.1, -0.05) is 43.0 Å². The first-order chi connectivity index (χ1) is 20.5. The fraction of sp³-hybridized carbons (Fsp3) is 0.455. The Morgan fingerprint density at radius 1 is 1.12 bits per heavy atom. The zero-order valence-corrected chi connectivity index (χ0v) is 24.7. The molecule has 218 valence electrons. The summed E-state index contributed by atoms with van der Waals surface area (Å²) in [6.45, 7) is 7.83. The van der Waals surface area contributed by atoms with E-state index >= 15 is 0 Å². The summed E-state index contributed by atoms with van der Waals surface area (Å²) in [6.07, 6.45) is 4.88. The molecule has 2 fully saturated rings. The van der Waals surface area contributed by atoms with Gasteiger partial charge in [0.15, 0.2) is 0 Å². The number of rotatable bonds is 8. The second-order valence-corrected chi connectivity index (χ2v) is 11.9. The molecular weight excluding hydrogens is 524 g/mol. The second kappa shape index (κ2) is 12.0. The quantitative estimate of drug-likeness (QED) is 0.410. The minimum atomic E-state index is -0.206. The standard InChI is InChI=1S/C33H40N8O/c1-4-31(42)41-19-18-40(21-25(41)14-16-34)32-27-15-17-39(30-11-7-9-23-8-5-6-10-26(23)30)22-28(27)36-33(37-32)35-20-24-12-13-29(24)38(2)3/h4-11,24-25,29H,1,12-15,17-22H2,2-3H3,(H,35,36,37)/t24?,25-,29?/m0/s1. The number of aromatic nitrogens is 2. The van der Waals surface area contributed by atoms with Crippen molar-refractivity contribution in [3.8, 4) is 6.07 Å². The molecule has 9 nitrogen and oxygen atoms in total. The first-order valence-electron chi connectivity index (χ1n) is 15.0. The minimum absolute atomic E-state index is 0.122. The molecule has 2 aliphatic heterocycles. The van der Waals surface area contributed by atoms with E-state index in [1.165, 1.54) is 40.9 Å². The summed E-state index contributed by atoms with van der Waals surface area (Å²) in [6, 6.07) is 17.7. The summed E-state index contributed by atoms with van der Waals surface area (Å²) >= 11 is 0. The van der Waals surface area contributed by atoms with Crippen LogP contribution >= 0.6 is 0 Å². The molecule has 1 saturated heterocycles. The number of amides is 1. The zero-order valence-electron chi connectivity index (χ0n) is 24.7. The molecule has 2 unspecified atom stereocenters. The lowest BCUT2D eigenvalue weighted by Crippen LogP contribution is -2.55. The minimum Gasteiger partial charge on any atom is -0.365 e. The summed E-state index contributed by atoms with van der Waals surface area (Å²) in [5.41, 5.74) is 3.44. The number of nitrogens with one attached hydrogen (secondary N) is 1. The predicted molar refractivity (Wildman–Crippen MR) is 168 cm³/mol. The average molecular weight is 565 g/mol. The topological polar surface area (TPSA) is 91.6 Å². The van der Waals surface area contributed by atoms with Gasteiger partial charge in [0, 0.05) is 55.4 Å². The van der Waals surface area contributed by atoms with E-state index in [4.69, 9.17) is 9.97 Å². The van der Waals surface area contributed by atoms with Crippen LogP contribution in [0.5, 0.6) is 0 Å². The summed E-state index contributed by atoms with van der Waals surface area (Å²) in [5.74, 6) is 2.05. The molecular formula is C33H40N8O. The van der Waals surface area contributed by atoms with Crippen LogP contribution in [0, 0.1) is 17.2 Å². The number of piperazine rings is 1. The number of hydrogen-bond donors (Lipinski definition) is 1. The SMILES string of the molecule is C=CC(=O)N1CCN(c2nc(NCC3CCC3N(C)C)nc3c2CCN(c2cccc4ccccc24)C3)C[C@@H]1CC#N. The van der Waals surface area contributed by atoms with Gasteiger partial charge < -0.3 is 24.9 Å². The molecule has 1 aromatic heterocycles. The lowest BCUT2D eigenvalue weighted by Gasteiger charge is -2.42. The summed E-state index contributed by atoms with van der Waals surface area (Å²) in [5, 5.41) is 15.6. The van der Waals surface area contributed by atoms with Gasteiger partial charge in [-0.25, -0.2) is 4.98 Å². The van der Waals surface area contributed by atoms with Gasteiger partial charge in [0.1, 0.15) is 5.82 Å². The third-order valence-electron chi connectivity index (χ3n) is 9.28. The second-order valence-electron chi connectivity index (χ2n) is 11.9. The lowest BCUT2D eigenvalue weighted by atomic mass is 9.79. The first kappa shape index (κ1) is 28.0. The lowest BCUT2D eigenvalue weighted by molar-refractivity contribution is -0.128. The van der Waals surface area contributed by atoms with Crippen molar-refractivity contribution in [1.82, 2.24) is 19.8 Å². The van der Waals surface area contributed by atoms with E-state index in [9.17, 15) is 10.1 Å². The summed E-state index contributed by atoms with van der Waals surface area (Å²) in [4.78, 5) is 31.5. The van der Waals surface area contributed by atoms with Gasteiger partial charge in [0.2, 0.25) is 11.9 Å². The van der Waals surface area contributed by atoms with Gasteiger partial charge in [-0.05, 0) is 56.8 Å². The Morgan fingerprint density at radius 3 is 2.71 bits per heavy atom. The Kier molecular flexibility index (Phi) is 7.98. The highest BCUT2D eigenvalue weighted by molar-refractivity contribution is 5.94. The third-order valence-corrected chi connectivity index (χ3v) is 9.28. The van der Waals surface area contributed by atoms with Crippen molar-refractivity contribution in [2.75, 3.05) is 61.9 Å². The van der Waals surface area contributed by atoms with Crippen LogP contribution in [0.1, 0.15) is 30.5 Å². The molecule has 0 radical (unpaired) electrons. The maximum absolute atomic E-state index is 12.5. The highest BCUT2D eigenvalue weighted by Gasteiger charge is 2.34. The highest BCUT2D eigenvalue weighted by atomic mass is 16.2. The number of benzene rings is 2. The van der Waals surface area contributed by atoms with Crippen LogP contribution in [0.15, 0.2) is 55.1 Å². The number of carbonyl (C=O) groups is 1. The van der Waals surface area contributed by atoms with Crippen molar-refractivity contribution in [3.63, 3.8) is 0 Å². The van der Waals surface area contributed by atoms with E-state index in [1.54, 1.807) is 4.90 Å². The molecule has 6 rings (SSSR count). The summed E-state index contributed by atoms with van der Waals surface area (Å²) < 4.78 is 0. The molecule has 1 saturated carbocycles. The van der Waals surface area contributed by atoms with Gasteiger partial charge >= 0.3 is 0 Å². The average Bonchev–Trinajstić information content (AvgIpc) is 2.99. The molecule has 1 aliphatic carbocycles. The van der Waals surface area contributed by atoms with Gasteiger partial charge in [-0.2, -0.15) is 10.2 Å². The van der Waals surface area contributed by atoms with Crippen molar-refractivity contribution < 1.29 is 4.79 Å². The highest BCUT2D eigenvalue weighted by Crippen LogP contribution is 2.35. The number of carbonyl (C=O) groups excluding carboxylic acids is 1. The van der Waals surface area contributed by atoms with Gasteiger partial charge in [-0.3, -0.25) is 4.79 Å². The Balaban J connectivity index is 1.32. The molecule has 1 amide bonds. The van der Waals surface area contributed by atoms with Gasteiger partial charge in [0.25, 0.3) is 0 Å². The molecule has 2 aromatic carbocycles. The van der Waals surface area contributed by atoms with Crippen molar-refractivity contribution >= 4 is 34.1 Å². The van der Waals surface area contributed by atoms with Gasteiger partial charge in [-0.15, -0.1) is 0 Å². The van der Waals surface area contributed by atoms with Crippen molar-refractivity contribution in [2.24, 2.45) is 5.92 Å². The molecule has 9 heteroatoms. The molecule has 42 heavy (non-hydrogen) atoms. The number of fused-ring (bicyclic) bond motifs is 2. The van der Waals surface area contributed by atoms with Crippen LogP contribution in [0.25, 0.3) is 10.8 Å². The molecule has 1 N–H and O–H groups in total. The number of nitrogens with zero attached hydrogens (tertiary/aromatic N) is 7. The smallest absolute Gasteiger partial charge is 0.246 e. The van der Waals surface area contributed by atoms with Gasteiger partial charge in [0.05, 0.1) is 30.8 Å². The predicted octanol–water partition coefficient (Wildman–Crippen LogP) is 4.06. The van der Waals surface area contributed by atoms with E-state index < -0.39 is 0 Å². The van der Waals surface area contributed by atoms with Crippen LogP contribution < -0.4 is 15.1 Å². The third kappa shape index (κ3) is 5.39. The largest absolute Gasteiger partial charge is 0.365 e. The Bertz CT molecular complexity index is 1510. The monoisotopic (exact) mass is 564 g/mol. The molecule has 0 bridgehead atoms. The Labute approximate surface area is 248 Å². The van der Waals surface area contributed by atoms with E-state index in [0.29, 0.717) is 44.1 Å². The van der Waals surface area contributed by atoms with Crippen molar-refractivity contribution in [1.29, 1.82) is 5.26 Å². The molecule has 3 aromatic rings. The van der Waals surface area contributed by atoms with E-state index in [2.05, 4.69) is 89.2 Å². The van der Waals surface area contributed by atoms with E-state index in [0.717, 1.165) is 31.0 Å². The molecule has 3 heterocycles. The first-order valence-corrected chi connectivity index (χ1v) is 15.0. The Morgan fingerprint density at radius 2 is 1.95 bits per heavy atom. The number of anilines is 3. The fourth-order valence-electron chi connectivity index (χ4n) is 6.87. The maximum Gasteiger partial charge on any atom is 0.246 e. The number of hydrogen-bond acceptors (Lipinski definition) is 8. The van der Waals surface area contributed by atoms with E-state index in [-0.39, 0.29) is 18.4 Å². The van der Waals surface area contributed by atoms with Crippen molar-refractivity contribution in [2.45, 2.75) is 44.3 Å². The number of nitriles is 1. The van der Waals surface area contributed by atoms with Crippen LogP contribution in [0.2, 0.25) is 0 Å². The fourth-order valence-corrected chi connectivity index (χ4v) is 6.87. The van der Waals surface area contributed by atoms with Crippen LogP contribution in [-0.2, 0) is 17.8 Å². The maximum atomic E-state index is 12.5. The van der Waals surface area contributed by atoms with Crippen LogP contribution in [-0.4, -0.2) is 84.6 Å². The van der Waals surface area contributed by atoms with E-state index in [1.807, 2.05) is 0 Å². The molecule has 3 atom stereocenters. The summed E-state index contributed by atoms with van der Waals surface area (Å²) in [7, 11) is 4.31. The van der Waals surface area contributed by atoms with Crippen LogP contribution in [0.4, 0.5) is 17.5 Å². The zero-order chi connectivity index (χ0) is 29.2. The molecule has 0 spiro atoms. The van der Waals surface area contributed by atoms with Crippen molar-refractivity contribution in [3.05, 3.63) is 66.4 Å². The Hall–Kier alpha value is -4.16. The normalized spacial score (nSPS) is 22.0. The van der Waals surface area contributed by atoms with Crippen LogP contribution in [0.3, 0.4) is 0 Å². The molecule has 3 aliphatic rings.